The fraction of sp³-hybridized carbons (Fsp3) is 0.316. The number of halogens is 1. The Morgan fingerprint density at radius 1 is 1.22 bits per heavy atom. The number of hydrogen-bond donors (Lipinski definition) is 4. The number of fused-ring (bicyclic) bond motifs is 1. The first-order valence-electron chi connectivity index (χ1n) is 8.62. The number of nitrogen functional groups attached to an aromatic ring is 1. The maximum absolute atomic E-state index is 13.3. The number of nitrogens with two attached hydrogens (primary N) is 1. The summed E-state index contributed by atoms with van der Waals surface area (Å²) in [6.45, 7) is -0.396. The summed E-state index contributed by atoms with van der Waals surface area (Å²) in [5, 5.41) is 31.2. The van der Waals surface area contributed by atoms with Crippen molar-refractivity contribution in [1.82, 2.24) is 9.55 Å². The molecule has 0 spiro atoms. The molecule has 1 aliphatic rings. The molecule has 8 heteroatoms. The third-order valence-corrected chi connectivity index (χ3v) is 5.08. The second-order valence-electron chi connectivity index (χ2n) is 6.71. The Kier molecular flexibility index (Phi) is 4.47. The van der Waals surface area contributed by atoms with Crippen LogP contribution in [0.5, 0.6) is 5.75 Å². The van der Waals surface area contributed by atoms with Crippen LogP contribution in [0.2, 0.25) is 0 Å². The Hall–Kier alpha value is -2.68. The fourth-order valence-corrected chi connectivity index (χ4v) is 3.66. The number of aliphatic hydroxyl groups excluding tert-OH is 3. The van der Waals surface area contributed by atoms with Gasteiger partial charge in [0.15, 0.2) is 0 Å². The van der Waals surface area contributed by atoms with E-state index in [1.165, 1.54) is 18.2 Å². The number of aromatic nitrogens is 2. The minimum absolute atomic E-state index is 0.274. The normalized spacial score (nSPS) is 25.2. The lowest BCUT2D eigenvalue weighted by atomic mass is 10.2. The SMILES string of the molecule is Nc1ccnc2c1ccn2C1CC(Oc2ccc(F)cc2CO)[C@@H](O)[C@H]1O. The van der Waals surface area contributed by atoms with E-state index in [9.17, 15) is 19.7 Å². The summed E-state index contributed by atoms with van der Waals surface area (Å²) in [6.07, 6.45) is 0.724. The van der Waals surface area contributed by atoms with Crippen molar-refractivity contribution >= 4 is 16.7 Å². The Morgan fingerprint density at radius 2 is 2.04 bits per heavy atom. The van der Waals surface area contributed by atoms with Gasteiger partial charge in [-0.1, -0.05) is 0 Å². The predicted molar refractivity (Wildman–Crippen MR) is 96.6 cm³/mol. The van der Waals surface area contributed by atoms with Gasteiger partial charge in [-0.2, -0.15) is 0 Å². The fourth-order valence-electron chi connectivity index (χ4n) is 3.66. The number of pyridine rings is 1. The summed E-state index contributed by atoms with van der Waals surface area (Å²) in [5.74, 6) is -0.214. The van der Waals surface area contributed by atoms with Crippen LogP contribution in [0.15, 0.2) is 42.7 Å². The zero-order valence-corrected chi connectivity index (χ0v) is 14.4. The smallest absolute Gasteiger partial charge is 0.142 e. The molecule has 2 aromatic heterocycles. The third kappa shape index (κ3) is 3.01. The first-order valence-corrected chi connectivity index (χ1v) is 8.62. The largest absolute Gasteiger partial charge is 0.487 e. The predicted octanol–water partition coefficient (Wildman–Crippen LogP) is 1.36. The summed E-state index contributed by atoms with van der Waals surface area (Å²) >= 11 is 0. The van der Waals surface area contributed by atoms with Gasteiger partial charge in [0.1, 0.15) is 35.5 Å². The topological polar surface area (TPSA) is 114 Å². The van der Waals surface area contributed by atoms with Crippen molar-refractivity contribution in [1.29, 1.82) is 0 Å². The molecule has 1 aliphatic carbocycles. The summed E-state index contributed by atoms with van der Waals surface area (Å²) in [7, 11) is 0. The van der Waals surface area contributed by atoms with Crippen LogP contribution in [-0.2, 0) is 6.61 Å². The molecular formula is C19H20FN3O4. The average Bonchev–Trinajstić information content (AvgIpc) is 3.20. The zero-order valence-electron chi connectivity index (χ0n) is 14.4. The number of anilines is 1. The molecule has 0 radical (unpaired) electrons. The van der Waals surface area contributed by atoms with Gasteiger partial charge in [-0.15, -0.1) is 0 Å². The molecule has 1 fully saturated rings. The molecule has 142 valence electrons. The van der Waals surface area contributed by atoms with Crippen molar-refractivity contribution in [3.8, 4) is 5.75 Å². The minimum atomic E-state index is -1.15. The highest BCUT2D eigenvalue weighted by atomic mass is 19.1. The summed E-state index contributed by atoms with van der Waals surface area (Å²) in [4.78, 5) is 4.33. The summed E-state index contributed by atoms with van der Waals surface area (Å²) in [5.41, 5.74) is 7.44. The lowest BCUT2D eigenvalue weighted by Gasteiger charge is -2.20. The Labute approximate surface area is 154 Å². The molecule has 3 aromatic rings. The molecule has 2 heterocycles. The third-order valence-electron chi connectivity index (χ3n) is 5.08. The number of aliphatic hydroxyl groups is 3. The van der Waals surface area contributed by atoms with Gasteiger partial charge in [-0.3, -0.25) is 0 Å². The molecule has 0 aliphatic heterocycles. The molecule has 5 N–H and O–H groups in total. The maximum atomic E-state index is 13.3. The quantitative estimate of drug-likeness (QED) is 0.549. The molecular weight excluding hydrogens is 353 g/mol. The monoisotopic (exact) mass is 373 g/mol. The van der Waals surface area contributed by atoms with E-state index in [1.54, 1.807) is 23.0 Å². The van der Waals surface area contributed by atoms with E-state index < -0.39 is 36.8 Å². The molecule has 27 heavy (non-hydrogen) atoms. The molecule has 1 saturated carbocycles. The maximum Gasteiger partial charge on any atom is 0.142 e. The average molecular weight is 373 g/mol. The molecule has 4 rings (SSSR count). The second-order valence-corrected chi connectivity index (χ2v) is 6.71. The van der Waals surface area contributed by atoms with Crippen molar-refractivity contribution in [3.05, 3.63) is 54.1 Å². The minimum Gasteiger partial charge on any atom is -0.487 e. The van der Waals surface area contributed by atoms with Gasteiger partial charge in [0.05, 0.1) is 12.6 Å². The highest BCUT2D eigenvalue weighted by Crippen LogP contribution is 2.37. The number of hydrogen-bond acceptors (Lipinski definition) is 6. The van der Waals surface area contributed by atoms with Gasteiger partial charge >= 0.3 is 0 Å². The van der Waals surface area contributed by atoms with Crippen LogP contribution in [0, 0.1) is 5.82 Å². The van der Waals surface area contributed by atoms with Gasteiger partial charge in [0, 0.05) is 35.5 Å². The van der Waals surface area contributed by atoms with Crippen molar-refractivity contribution in [2.45, 2.75) is 37.4 Å². The van der Waals surface area contributed by atoms with Crippen LogP contribution >= 0.6 is 0 Å². The van der Waals surface area contributed by atoms with E-state index in [4.69, 9.17) is 10.5 Å². The van der Waals surface area contributed by atoms with Crippen LogP contribution in [0.4, 0.5) is 10.1 Å². The molecule has 1 aromatic carbocycles. The molecule has 0 bridgehead atoms. The van der Waals surface area contributed by atoms with E-state index in [-0.39, 0.29) is 11.3 Å². The zero-order chi connectivity index (χ0) is 19.1. The van der Waals surface area contributed by atoms with Crippen molar-refractivity contribution in [3.63, 3.8) is 0 Å². The van der Waals surface area contributed by atoms with Crippen molar-refractivity contribution < 1.29 is 24.4 Å². The van der Waals surface area contributed by atoms with E-state index in [0.717, 1.165) is 5.39 Å². The highest BCUT2D eigenvalue weighted by Gasteiger charge is 2.44. The Bertz CT molecular complexity index is 977. The summed E-state index contributed by atoms with van der Waals surface area (Å²) < 4.78 is 20.9. The first kappa shape index (κ1) is 17.7. The molecule has 2 unspecified atom stereocenters. The van der Waals surface area contributed by atoms with E-state index in [2.05, 4.69) is 4.98 Å². The Balaban J connectivity index is 1.62. The van der Waals surface area contributed by atoms with Crippen LogP contribution in [0.25, 0.3) is 11.0 Å². The van der Waals surface area contributed by atoms with Gasteiger partial charge in [-0.05, 0) is 30.3 Å². The van der Waals surface area contributed by atoms with Gasteiger partial charge in [0.2, 0.25) is 0 Å². The summed E-state index contributed by atoms with van der Waals surface area (Å²) in [6, 6.07) is 6.85. The van der Waals surface area contributed by atoms with E-state index in [0.29, 0.717) is 17.8 Å². The highest BCUT2D eigenvalue weighted by molar-refractivity contribution is 5.88. The lowest BCUT2D eigenvalue weighted by Crippen LogP contribution is -2.34. The first-order chi connectivity index (χ1) is 13.0. The Morgan fingerprint density at radius 3 is 2.81 bits per heavy atom. The van der Waals surface area contributed by atoms with E-state index in [1.807, 2.05) is 6.07 Å². The number of nitrogens with zero attached hydrogens (tertiary/aromatic N) is 2. The lowest BCUT2D eigenvalue weighted by molar-refractivity contribution is -0.0168. The van der Waals surface area contributed by atoms with Crippen LogP contribution in [0.1, 0.15) is 18.0 Å². The number of benzene rings is 1. The number of rotatable bonds is 4. The van der Waals surface area contributed by atoms with Gasteiger partial charge in [0.25, 0.3) is 0 Å². The van der Waals surface area contributed by atoms with Crippen LogP contribution in [0.3, 0.4) is 0 Å². The number of ether oxygens (including phenoxy) is 1. The van der Waals surface area contributed by atoms with E-state index >= 15 is 0 Å². The van der Waals surface area contributed by atoms with Crippen LogP contribution < -0.4 is 10.5 Å². The van der Waals surface area contributed by atoms with Crippen LogP contribution in [-0.4, -0.2) is 43.2 Å². The molecule has 4 atom stereocenters. The molecule has 7 nitrogen and oxygen atoms in total. The molecule has 0 amide bonds. The molecule has 0 saturated heterocycles. The van der Waals surface area contributed by atoms with Gasteiger partial charge in [-0.25, -0.2) is 9.37 Å². The van der Waals surface area contributed by atoms with Gasteiger partial charge < -0.3 is 30.4 Å². The second kappa shape index (κ2) is 6.80. The van der Waals surface area contributed by atoms with Crippen molar-refractivity contribution in [2.75, 3.05) is 5.73 Å². The van der Waals surface area contributed by atoms with Crippen molar-refractivity contribution in [2.24, 2.45) is 0 Å². The standard InChI is InChI=1S/C19H20FN3O4/c20-11-1-2-15(10(7-11)9-24)27-16-8-14(17(25)18(16)26)23-6-4-12-13(21)3-5-22-19(12)23/h1-7,14,16-18,24-26H,8-9H2,(H2,21,22)/t14?,16?,17-,18+/m0/s1.